The predicted octanol–water partition coefficient (Wildman–Crippen LogP) is 1.68. The molecule has 1 N–H and O–H groups in total. The van der Waals surface area contributed by atoms with Gasteiger partial charge in [0.15, 0.2) is 9.84 Å². The zero-order chi connectivity index (χ0) is 14.5. The molecule has 5 heteroatoms. The molecular weight excluding hydrogens is 262 g/mol. The first-order valence-electron chi connectivity index (χ1n) is 5.96. The molecule has 1 aromatic carbocycles. The molecule has 0 aromatic heterocycles. The number of rotatable bonds is 4. The average Bonchev–Trinajstić information content (AvgIpc) is 2.39. The van der Waals surface area contributed by atoms with Crippen molar-refractivity contribution in [2.75, 3.05) is 5.75 Å². The third-order valence-electron chi connectivity index (χ3n) is 2.71. The molecule has 0 aliphatic carbocycles. The van der Waals surface area contributed by atoms with Gasteiger partial charge in [0, 0.05) is 0 Å². The maximum Gasteiger partial charge on any atom is 0.296 e. The Morgan fingerprint density at radius 2 is 1.89 bits per heavy atom. The summed E-state index contributed by atoms with van der Waals surface area (Å²) in [7, 11) is -3.18. The van der Waals surface area contributed by atoms with Gasteiger partial charge >= 0.3 is 0 Å². The number of nitrogens with one attached hydrogen (secondary N) is 1. The van der Waals surface area contributed by atoms with Crippen LogP contribution in [0.5, 0.6) is 0 Å². The Morgan fingerprint density at radius 3 is 2.37 bits per heavy atom. The number of carbonyl (C=O) groups excluding carboxylic acids is 1. The van der Waals surface area contributed by atoms with Crippen molar-refractivity contribution < 1.29 is 13.2 Å². The SMILES string of the molecule is CC#CC(=O)NC(C)c1ccc(S(=O)(=O)CC)cc1. The summed E-state index contributed by atoms with van der Waals surface area (Å²) in [5, 5.41) is 2.71. The van der Waals surface area contributed by atoms with E-state index in [2.05, 4.69) is 17.2 Å². The summed E-state index contributed by atoms with van der Waals surface area (Å²) in [6.07, 6.45) is 0. The summed E-state index contributed by atoms with van der Waals surface area (Å²) in [6, 6.07) is 6.30. The van der Waals surface area contributed by atoms with Crippen molar-refractivity contribution in [3.05, 3.63) is 29.8 Å². The van der Waals surface area contributed by atoms with E-state index in [-0.39, 0.29) is 17.7 Å². The second-order valence-electron chi connectivity index (χ2n) is 4.04. The first-order chi connectivity index (χ1) is 8.90. The number of hydrogen-bond acceptors (Lipinski definition) is 3. The molecule has 102 valence electrons. The molecule has 1 unspecified atom stereocenters. The first kappa shape index (κ1) is 15.3. The van der Waals surface area contributed by atoms with Gasteiger partial charge in [-0.2, -0.15) is 0 Å². The largest absolute Gasteiger partial charge is 0.339 e. The average molecular weight is 279 g/mol. The normalized spacial score (nSPS) is 12.2. The van der Waals surface area contributed by atoms with E-state index in [0.717, 1.165) is 5.56 Å². The number of carbonyl (C=O) groups is 1. The van der Waals surface area contributed by atoms with Gasteiger partial charge < -0.3 is 5.32 Å². The van der Waals surface area contributed by atoms with E-state index in [1.165, 1.54) is 0 Å². The van der Waals surface area contributed by atoms with Crippen LogP contribution in [0, 0.1) is 11.8 Å². The molecule has 19 heavy (non-hydrogen) atoms. The minimum atomic E-state index is -3.18. The van der Waals surface area contributed by atoms with E-state index in [4.69, 9.17) is 0 Å². The fourth-order valence-corrected chi connectivity index (χ4v) is 2.44. The highest BCUT2D eigenvalue weighted by Gasteiger charge is 2.13. The molecule has 0 bridgehead atoms. The topological polar surface area (TPSA) is 63.2 Å². The summed E-state index contributed by atoms with van der Waals surface area (Å²) >= 11 is 0. The lowest BCUT2D eigenvalue weighted by Gasteiger charge is -2.12. The number of sulfone groups is 1. The van der Waals surface area contributed by atoms with Crippen LogP contribution in [0.1, 0.15) is 32.4 Å². The fraction of sp³-hybridized carbons (Fsp3) is 0.357. The summed E-state index contributed by atoms with van der Waals surface area (Å²) in [5.41, 5.74) is 0.835. The van der Waals surface area contributed by atoms with Gasteiger partial charge in [-0.1, -0.05) is 25.0 Å². The van der Waals surface area contributed by atoms with E-state index >= 15 is 0 Å². The molecule has 0 saturated heterocycles. The lowest BCUT2D eigenvalue weighted by Crippen LogP contribution is -2.25. The second kappa shape index (κ2) is 6.39. The number of amides is 1. The molecule has 1 amide bonds. The van der Waals surface area contributed by atoms with Gasteiger partial charge in [-0.15, -0.1) is 0 Å². The van der Waals surface area contributed by atoms with Crippen molar-refractivity contribution in [3.63, 3.8) is 0 Å². The Labute approximate surface area is 114 Å². The van der Waals surface area contributed by atoms with Crippen LogP contribution in [-0.2, 0) is 14.6 Å². The molecular formula is C14H17NO3S. The number of benzene rings is 1. The molecule has 0 aliphatic heterocycles. The van der Waals surface area contributed by atoms with Crippen LogP contribution in [0.15, 0.2) is 29.2 Å². The Morgan fingerprint density at radius 1 is 1.32 bits per heavy atom. The van der Waals surface area contributed by atoms with Crippen LogP contribution in [0.2, 0.25) is 0 Å². The molecule has 0 aliphatic rings. The third kappa shape index (κ3) is 4.11. The lowest BCUT2D eigenvalue weighted by molar-refractivity contribution is -0.116. The van der Waals surface area contributed by atoms with Crippen LogP contribution in [0.4, 0.5) is 0 Å². The van der Waals surface area contributed by atoms with Crippen LogP contribution in [0.3, 0.4) is 0 Å². The van der Waals surface area contributed by atoms with Crippen molar-refractivity contribution in [1.82, 2.24) is 5.32 Å². The maximum atomic E-state index is 11.7. The molecule has 1 aromatic rings. The van der Waals surface area contributed by atoms with Crippen LogP contribution in [0.25, 0.3) is 0 Å². The standard InChI is InChI=1S/C14H17NO3S/c1-4-6-14(16)15-11(3)12-7-9-13(10-8-12)19(17,18)5-2/h7-11H,5H2,1-3H3,(H,15,16). The highest BCUT2D eigenvalue weighted by molar-refractivity contribution is 7.91. The van der Waals surface area contributed by atoms with Gasteiger partial charge in [0.05, 0.1) is 16.7 Å². The van der Waals surface area contributed by atoms with Gasteiger partial charge in [0.1, 0.15) is 0 Å². The summed E-state index contributed by atoms with van der Waals surface area (Å²) in [4.78, 5) is 11.6. The molecule has 0 spiro atoms. The zero-order valence-electron chi connectivity index (χ0n) is 11.2. The molecule has 0 saturated carbocycles. The van der Waals surface area contributed by atoms with E-state index in [1.807, 2.05) is 6.92 Å². The summed E-state index contributed by atoms with van der Waals surface area (Å²) in [5.74, 6) is 4.64. The van der Waals surface area contributed by atoms with E-state index in [0.29, 0.717) is 4.90 Å². The highest BCUT2D eigenvalue weighted by Crippen LogP contribution is 2.17. The first-order valence-corrected chi connectivity index (χ1v) is 7.62. The van der Waals surface area contributed by atoms with Crippen LogP contribution in [-0.4, -0.2) is 20.1 Å². The second-order valence-corrected chi connectivity index (χ2v) is 6.32. The molecule has 1 atom stereocenters. The van der Waals surface area contributed by atoms with E-state index in [9.17, 15) is 13.2 Å². The maximum absolute atomic E-state index is 11.7. The predicted molar refractivity (Wildman–Crippen MR) is 74.2 cm³/mol. The van der Waals surface area contributed by atoms with E-state index < -0.39 is 9.84 Å². The minimum Gasteiger partial charge on any atom is -0.339 e. The Hall–Kier alpha value is -1.80. The smallest absolute Gasteiger partial charge is 0.296 e. The molecule has 1 rings (SSSR count). The fourth-order valence-electron chi connectivity index (χ4n) is 1.56. The van der Waals surface area contributed by atoms with Gasteiger partial charge in [-0.05, 0) is 37.5 Å². The van der Waals surface area contributed by atoms with Gasteiger partial charge in [-0.25, -0.2) is 8.42 Å². The third-order valence-corrected chi connectivity index (χ3v) is 4.46. The van der Waals surface area contributed by atoms with Gasteiger partial charge in [0.25, 0.3) is 5.91 Å². The van der Waals surface area contributed by atoms with Gasteiger partial charge in [-0.3, -0.25) is 4.79 Å². The van der Waals surface area contributed by atoms with E-state index in [1.54, 1.807) is 38.1 Å². The number of hydrogen-bond donors (Lipinski definition) is 1. The minimum absolute atomic E-state index is 0.0741. The van der Waals surface area contributed by atoms with Crippen molar-refractivity contribution in [2.45, 2.75) is 31.7 Å². The summed E-state index contributed by atoms with van der Waals surface area (Å²) in [6.45, 7) is 5.02. The Balaban J connectivity index is 2.87. The zero-order valence-corrected chi connectivity index (χ0v) is 12.0. The molecule has 0 fully saturated rings. The van der Waals surface area contributed by atoms with Crippen molar-refractivity contribution >= 4 is 15.7 Å². The molecule has 4 nitrogen and oxygen atoms in total. The monoisotopic (exact) mass is 279 g/mol. The van der Waals surface area contributed by atoms with Crippen LogP contribution < -0.4 is 5.32 Å². The van der Waals surface area contributed by atoms with Gasteiger partial charge in [0.2, 0.25) is 0 Å². The quantitative estimate of drug-likeness (QED) is 0.853. The van der Waals surface area contributed by atoms with Crippen molar-refractivity contribution in [3.8, 4) is 11.8 Å². The van der Waals surface area contributed by atoms with Crippen molar-refractivity contribution in [2.24, 2.45) is 0 Å². The Kier molecular flexibility index (Phi) is 5.13. The summed E-state index contributed by atoms with van der Waals surface area (Å²) < 4.78 is 23.3. The molecule has 0 radical (unpaired) electrons. The van der Waals surface area contributed by atoms with Crippen molar-refractivity contribution in [1.29, 1.82) is 0 Å². The Bertz CT molecular complexity index is 606. The lowest BCUT2D eigenvalue weighted by atomic mass is 10.1. The highest BCUT2D eigenvalue weighted by atomic mass is 32.2. The van der Waals surface area contributed by atoms with Crippen LogP contribution >= 0.6 is 0 Å². The molecule has 0 heterocycles.